The zero-order chi connectivity index (χ0) is 12.4. The van der Waals surface area contributed by atoms with Crippen molar-refractivity contribution in [3.8, 4) is 0 Å². The summed E-state index contributed by atoms with van der Waals surface area (Å²) in [6, 6.07) is 7.09. The highest BCUT2D eigenvalue weighted by Gasteiger charge is 2.04. The average molecular weight is 235 g/mol. The van der Waals surface area contributed by atoms with Crippen LogP contribution in [0, 0.1) is 18.6 Å². The lowest BCUT2D eigenvalue weighted by molar-refractivity contribution is 0.506. The van der Waals surface area contributed by atoms with Crippen molar-refractivity contribution in [1.29, 1.82) is 0 Å². The first kappa shape index (κ1) is 11.5. The third-order valence-corrected chi connectivity index (χ3v) is 2.55. The molecule has 0 aliphatic heterocycles. The SMILES string of the molecule is Cc1cccn(Cc2ccc(F)c(F)c2)c1=O. The molecule has 2 aromatic rings. The van der Waals surface area contributed by atoms with E-state index in [0.717, 1.165) is 12.1 Å². The number of aryl methyl sites for hydroxylation is 1. The van der Waals surface area contributed by atoms with E-state index in [-0.39, 0.29) is 12.1 Å². The summed E-state index contributed by atoms with van der Waals surface area (Å²) in [5.41, 5.74) is 1.05. The summed E-state index contributed by atoms with van der Waals surface area (Å²) < 4.78 is 27.2. The van der Waals surface area contributed by atoms with Crippen LogP contribution < -0.4 is 5.56 Å². The zero-order valence-corrected chi connectivity index (χ0v) is 9.28. The maximum atomic E-state index is 13.0. The molecule has 1 aromatic heterocycles. The number of rotatable bonds is 2. The lowest BCUT2D eigenvalue weighted by atomic mass is 10.2. The number of halogens is 2. The maximum Gasteiger partial charge on any atom is 0.253 e. The Kier molecular flexibility index (Phi) is 3.04. The molecule has 0 radical (unpaired) electrons. The summed E-state index contributed by atoms with van der Waals surface area (Å²) in [6.07, 6.45) is 1.62. The van der Waals surface area contributed by atoms with Crippen molar-refractivity contribution in [2.75, 3.05) is 0 Å². The summed E-state index contributed by atoms with van der Waals surface area (Å²) in [5.74, 6) is -1.78. The van der Waals surface area contributed by atoms with Crippen molar-refractivity contribution in [3.63, 3.8) is 0 Å². The summed E-state index contributed by atoms with van der Waals surface area (Å²) in [7, 11) is 0. The minimum absolute atomic E-state index is 0.128. The van der Waals surface area contributed by atoms with E-state index in [9.17, 15) is 13.6 Å². The molecular formula is C13H11F2NO. The zero-order valence-electron chi connectivity index (χ0n) is 9.28. The molecule has 2 rings (SSSR count). The average Bonchev–Trinajstić information content (AvgIpc) is 2.30. The molecule has 0 fully saturated rings. The Balaban J connectivity index is 2.35. The van der Waals surface area contributed by atoms with Crippen LogP contribution >= 0.6 is 0 Å². The first-order chi connectivity index (χ1) is 8.08. The van der Waals surface area contributed by atoms with Crippen LogP contribution in [0.3, 0.4) is 0 Å². The van der Waals surface area contributed by atoms with Crippen molar-refractivity contribution in [2.24, 2.45) is 0 Å². The van der Waals surface area contributed by atoms with Crippen LogP contribution in [0.5, 0.6) is 0 Å². The van der Waals surface area contributed by atoms with Gasteiger partial charge in [-0.1, -0.05) is 12.1 Å². The van der Waals surface area contributed by atoms with Crippen LogP contribution in [-0.2, 0) is 6.54 Å². The Morgan fingerprint density at radius 3 is 2.65 bits per heavy atom. The monoisotopic (exact) mass is 235 g/mol. The van der Waals surface area contributed by atoms with Gasteiger partial charge in [0.25, 0.3) is 5.56 Å². The van der Waals surface area contributed by atoms with E-state index in [4.69, 9.17) is 0 Å². The fraction of sp³-hybridized carbons (Fsp3) is 0.154. The fourth-order valence-corrected chi connectivity index (χ4v) is 1.62. The van der Waals surface area contributed by atoms with Gasteiger partial charge in [-0.25, -0.2) is 8.78 Å². The number of hydrogen-bond acceptors (Lipinski definition) is 1. The van der Waals surface area contributed by atoms with Crippen molar-refractivity contribution >= 4 is 0 Å². The number of aromatic nitrogens is 1. The molecule has 0 unspecified atom stereocenters. The normalized spacial score (nSPS) is 10.5. The smallest absolute Gasteiger partial charge is 0.253 e. The van der Waals surface area contributed by atoms with Gasteiger partial charge >= 0.3 is 0 Å². The fourth-order valence-electron chi connectivity index (χ4n) is 1.62. The predicted octanol–water partition coefficient (Wildman–Crippen LogP) is 2.48. The van der Waals surface area contributed by atoms with Crippen LogP contribution in [-0.4, -0.2) is 4.57 Å². The second kappa shape index (κ2) is 4.49. The standard InChI is InChI=1S/C13H11F2NO/c1-9-3-2-6-16(13(9)17)8-10-4-5-11(14)12(15)7-10/h2-7H,8H2,1H3. The van der Waals surface area contributed by atoms with E-state index in [1.807, 2.05) is 0 Å². The second-order valence-corrected chi connectivity index (χ2v) is 3.87. The van der Waals surface area contributed by atoms with Gasteiger partial charge in [0.15, 0.2) is 11.6 Å². The highest BCUT2D eigenvalue weighted by Crippen LogP contribution is 2.09. The van der Waals surface area contributed by atoms with Gasteiger partial charge in [-0.05, 0) is 30.7 Å². The molecule has 0 atom stereocenters. The quantitative estimate of drug-likeness (QED) is 0.783. The van der Waals surface area contributed by atoms with Gasteiger partial charge < -0.3 is 4.57 Å². The van der Waals surface area contributed by atoms with Gasteiger partial charge in [-0.3, -0.25) is 4.79 Å². The molecule has 0 N–H and O–H groups in total. The molecule has 0 amide bonds. The Bertz CT molecular complexity index is 605. The van der Waals surface area contributed by atoms with Gasteiger partial charge in [0.05, 0.1) is 6.54 Å². The molecule has 0 saturated heterocycles. The topological polar surface area (TPSA) is 22.0 Å². The van der Waals surface area contributed by atoms with Crippen molar-refractivity contribution < 1.29 is 8.78 Å². The minimum atomic E-state index is -0.900. The molecule has 17 heavy (non-hydrogen) atoms. The maximum absolute atomic E-state index is 13.0. The van der Waals surface area contributed by atoms with Crippen LogP contribution in [0.1, 0.15) is 11.1 Å². The van der Waals surface area contributed by atoms with E-state index >= 15 is 0 Å². The molecule has 0 bridgehead atoms. The summed E-state index contributed by atoms with van der Waals surface area (Å²) in [4.78, 5) is 11.7. The molecule has 2 nitrogen and oxygen atoms in total. The van der Waals surface area contributed by atoms with Gasteiger partial charge in [0.2, 0.25) is 0 Å². The van der Waals surface area contributed by atoms with Gasteiger partial charge in [0, 0.05) is 11.8 Å². The largest absolute Gasteiger partial charge is 0.311 e. The molecule has 4 heteroatoms. The van der Waals surface area contributed by atoms with E-state index in [2.05, 4.69) is 0 Å². The summed E-state index contributed by atoms with van der Waals surface area (Å²) >= 11 is 0. The van der Waals surface area contributed by atoms with E-state index in [1.54, 1.807) is 25.3 Å². The Labute approximate surface area is 97.1 Å². The summed E-state index contributed by atoms with van der Waals surface area (Å²) in [6.45, 7) is 1.95. The second-order valence-electron chi connectivity index (χ2n) is 3.87. The van der Waals surface area contributed by atoms with E-state index in [0.29, 0.717) is 11.1 Å². The summed E-state index contributed by atoms with van der Waals surface area (Å²) in [5, 5.41) is 0. The van der Waals surface area contributed by atoms with Crippen molar-refractivity contribution in [2.45, 2.75) is 13.5 Å². The molecule has 0 aliphatic carbocycles. The highest BCUT2D eigenvalue weighted by atomic mass is 19.2. The number of pyridine rings is 1. The van der Waals surface area contributed by atoms with Crippen LogP contribution in [0.25, 0.3) is 0 Å². The van der Waals surface area contributed by atoms with Crippen molar-refractivity contribution in [1.82, 2.24) is 4.57 Å². The lowest BCUT2D eigenvalue weighted by Gasteiger charge is -2.06. The van der Waals surface area contributed by atoms with Crippen molar-refractivity contribution in [3.05, 3.63) is 69.6 Å². The molecule has 88 valence electrons. The van der Waals surface area contributed by atoms with Crippen LogP contribution in [0.2, 0.25) is 0 Å². The Hall–Kier alpha value is -1.97. The Morgan fingerprint density at radius 2 is 1.94 bits per heavy atom. The third kappa shape index (κ3) is 2.41. The van der Waals surface area contributed by atoms with Crippen LogP contribution in [0.15, 0.2) is 41.3 Å². The lowest BCUT2D eigenvalue weighted by Crippen LogP contribution is -2.21. The number of nitrogens with zero attached hydrogens (tertiary/aromatic N) is 1. The predicted molar refractivity (Wildman–Crippen MR) is 60.9 cm³/mol. The first-order valence-electron chi connectivity index (χ1n) is 5.18. The van der Waals surface area contributed by atoms with E-state index in [1.165, 1.54) is 10.6 Å². The molecule has 0 aliphatic rings. The highest BCUT2D eigenvalue weighted by molar-refractivity contribution is 5.19. The van der Waals surface area contributed by atoms with Gasteiger partial charge in [-0.15, -0.1) is 0 Å². The van der Waals surface area contributed by atoms with Gasteiger partial charge in [-0.2, -0.15) is 0 Å². The van der Waals surface area contributed by atoms with E-state index < -0.39 is 11.6 Å². The molecule has 0 spiro atoms. The van der Waals surface area contributed by atoms with Crippen LogP contribution in [0.4, 0.5) is 8.78 Å². The third-order valence-electron chi connectivity index (χ3n) is 2.55. The first-order valence-corrected chi connectivity index (χ1v) is 5.18. The van der Waals surface area contributed by atoms with Gasteiger partial charge in [0.1, 0.15) is 0 Å². The Morgan fingerprint density at radius 1 is 1.18 bits per heavy atom. The number of hydrogen-bond donors (Lipinski definition) is 0. The molecular weight excluding hydrogens is 224 g/mol. The molecule has 1 aromatic carbocycles. The number of benzene rings is 1. The minimum Gasteiger partial charge on any atom is -0.311 e. The molecule has 0 saturated carbocycles. The molecule has 1 heterocycles.